The lowest BCUT2D eigenvalue weighted by atomic mass is 9.95. The van der Waals surface area contributed by atoms with Crippen LogP contribution in [0.25, 0.3) is 5.76 Å². The van der Waals surface area contributed by atoms with E-state index in [9.17, 15) is 19.1 Å². The second kappa shape index (κ2) is 14.5. The highest BCUT2D eigenvalue weighted by molar-refractivity contribution is 8.00. The van der Waals surface area contributed by atoms with Gasteiger partial charge in [0.15, 0.2) is 27.4 Å². The quantitative estimate of drug-likeness (QED) is 0.0484. The number of halogens is 2. The lowest BCUT2D eigenvalue weighted by molar-refractivity contribution is -0.132. The lowest BCUT2D eigenvalue weighted by Gasteiger charge is -2.23. The van der Waals surface area contributed by atoms with Gasteiger partial charge >= 0.3 is 5.91 Å². The largest absolute Gasteiger partial charge is 0.507 e. The van der Waals surface area contributed by atoms with Crippen LogP contribution < -0.4 is 19.1 Å². The van der Waals surface area contributed by atoms with Gasteiger partial charge in [0.2, 0.25) is 5.13 Å². The number of anilines is 1. The molecule has 1 fully saturated rings. The lowest BCUT2D eigenvalue weighted by Crippen LogP contribution is -2.29. The molecule has 244 valence electrons. The minimum atomic E-state index is -1.16. The van der Waals surface area contributed by atoms with Crippen molar-refractivity contribution in [3.8, 4) is 17.2 Å². The van der Waals surface area contributed by atoms with E-state index in [1.165, 1.54) is 43.0 Å². The number of ether oxygens (including phenoxy) is 3. The van der Waals surface area contributed by atoms with E-state index in [4.69, 9.17) is 25.8 Å². The van der Waals surface area contributed by atoms with Gasteiger partial charge in [-0.2, -0.15) is 0 Å². The number of methoxy groups -OCH3 is 2. The Morgan fingerprint density at radius 2 is 1.65 bits per heavy atom. The fourth-order valence-corrected chi connectivity index (χ4v) is 7.06. The molecular weight excluding hydrogens is 677 g/mol. The summed E-state index contributed by atoms with van der Waals surface area (Å²) in [7, 11) is 2.79. The van der Waals surface area contributed by atoms with E-state index in [0.29, 0.717) is 32.2 Å². The van der Waals surface area contributed by atoms with Gasteiger partial charge in [0, 0.05) is 16.3 Å². The first-order valence-electron chi connectivity index (χ1n) is 14.5. The van der Waals surface area contributed by atoms with Crippen LogP contribution >= 0.6 is 34.7 Å². The van der Waals surface area contributed by atoms with Crippen LogP contribution in [-0.2, 0) is 21.9 Å². The normalized spacial score (nSPS) is 15.5. The van der Waals surface area contributed by atoms with Crippen molar-refractivity contribution in [1.29, 1.82) is 0 Å². The predicted molar refractivity (Wildman–Crippen MR) is 182 cm³/mol. The topological polar surface area (TPSA) is 111 Å². The highest BCUT2D eigenvalue weighted by atomic mass is 35.5. The molecule has 13 heteroatoms. The highest BCUT2D eigenvalue weighted by Gasteiger charge is 2.48. The van der Waals surface area contributed by atoms with E-state index < -0.39 is 29.3 Å². The molecule has 9 nitrogen and oxygen atoms in total. The second-order valence-electron chi connectivity index (χ2n) is 10.5. The van der Waals surface area contributed by atoms with Crippen LogP contribution in [0.5, 0.6) is 17.2 Å². The Bertz CT molecular complexity index is 2010. The third-order valence-electron chi connectivity index (χ3n) is 7.49. The SMILES string of the molecule is COc1ccc(C(O)=C2C(=O)C(=O)N(c3nnc(SCc4ccc(Cl)cc4)s3)[C@@H]2c2ccc(OCc3ccccc3)c(OC)c2)cc1F. The molecule has 0 saturated carbocycles. The number of nitrogens with zero attached hydrogens (tertiary/aromatic N) is 3. The summed E-state index contributed by atoms with van der Waals surface area (Å²) in [5, 5.41) is 20.8. The summed E-state index contributed by atoms with van der Waals surface area (Å²) in [4.78, 5) is 28.6. The van der Waals surface area contributed by atoms with Crippen LogP contribution in [0.4, 0.5) is 9.52 Å². The number of hydrogen-bond acceptors (Lipinski definition) is 10. The van der Waals surface area contributed by atoms with Crippen LogP contribution in [0.15, 0.2) is 101 Å². The van der Waals surface area contributed by atoms with E-state index in [1.807, 2.05) is 42.5 Å². The summed E-state index contributed by atoms with van der Waals surface area (Å²) >= 11 is 8.53. The molecule has 2 heterocycles. The Hall–Kier alpha value is -4.91. The van der Waals surface area contributed by atoms with Crippen molar-refractivity contribution in [3.05, 3.63) is 130 Å². The van der Waals surface area contributed by atoms with Gasteiger partial charge in [-0.25, -0.2) is 4.39 Å². The van der Waals surface area contributed by atoms with Gasteiger partial charge in [-0.15, -0.1) is 10.2 Å². The van der Waals surface area contributed by atoms with Crippen LogP contribution in [0, 0.1) is 5.82 Å². The van der Waals surface area contributed by atoms with E-state index >= 15 is 0 Å². The summed E-state index contributed by atoms with van der Waals surface area (Å²) in [6.07, 6.45) is 0. The smallest absolute Gasteiger partial charge is 0.301 e. The number of benzene rings is 4. The number of Topliss-reactive ketones (excluding diaryl/α,β-unsaturated/α-hetero) is 1. The monoisotopic (exact) mass is 703 g/mol. The van der Waals surface area contributed by atoms with Gasteiger partial charge in [-0.05, 0) is 59.2 Å². The Balaban J connectivity index is 1.39. The number of thioether (sulfide) groups is 1. The maximum absolute atomic E-state index is 14.7. The number of ketones is 1. The number of rotatable bonds is 11. The molecular formula is C35H27ClFN3O6S2. The number of carbonyl (C=O) groups excluding carboxylic acids is 2. The number of amides is 1. The summed E-state index contributed by atoms with van der Waals surface area (Å²) in [6, 6.07) is 24.6. The van der Waals surface area contributed by atoms with Gasteiger partial charge in [0.1, 0.15) is 12.4 Å². The van der Waals surface area contributed by atoms with Crippen LogP contribution in [0.1, 0.15) is 28.3 Å². The zero-order chi connectivity index (χ0) is 33.8. The number of aliphatic hydroxyl groups is 1. The number of aliphatic hydroxyl groups excluding tert-OH is 1. The summed E-state index contributed by atoms with van der Waals surface area (Å²) in [6.45, 7) is 0.277. The molecule has 0 radical (unpaired) electrons. The Morgan fingerprint density at radius 3 is 2.35 bits per heavy atom. The molecule has 48 heavy (non-hydrogen) atoms. The minimum Gasteiger partial charge on any atom is -0.507 e. The van der Waals surface area contributed by atoms with E-state index in [0.717, 1.165) is 28.5 Å². The van der Waals surface area contributed by atoms with Crippen molar-refractivity contribution >= 4 is 57.3 Å². The molecule has 5 aromatic rings. The van der Waals surface area contributed by atoms with E-state index in [-0.39, 0.29) is 28.6 Å². The van der Waals surface area contributed by atoms with Gasteiger partial charge in [-0.1, -0.05) is 83.2 Å². The summed E-state index contributed by atoms with van der Waals surface area (Å²) in [5.74, 6) is -1.92. The van der Waals surface area contributed by atoms with Crippen LogP contribution in [-0.4, -0.2) is 41.2 Å². The van der Waals surface area contributed by atoms with Crippen LogP contribution in [0.2, 0.25) is 5.02 Å². The zero-order valence-electron chi connectivity index (χ0n) is 25.6. The van der Waals surface area contributed by atoms with Crippen molar-refractivity contribution in [2.75, 3.05) is 19.1 Å². The Morgan fingerprint density at radius 1 is 0.917 bits per heavy atom. The Labute approximate surface area is 288 Å². The predicted octanol–water partition coefficient (Wildman–Crippen LogP) is 7.85. The van der Waals surface area contributed by atoms with E-state index in [1.54, 1.807) is 30.3 Å². The van der Waals surface area contributed by atoms with Crippen molar-refractivity contribution in [3.63, 3.8) is 0 Å². The maximum atomic E-state index is 14.7. The average Bonchev–Trinajstić information content (AvgIpc) is 3.68. The highest BCUT2D eigenvalue weighted by Crippen LogP contribution is 2.46. The number of hydrogen-bond donors (Lipinski definition) is 1. The Kier molecular flexibility index (Phi) is 9.95. The third-order valence-corrected chi connectivity index (χ3v) is 9.87. The first kappa shape index (κ1) is 33.0. The molecule has 6 rings (SSSR count). The molecule has 0 aliphatic carbocycles. The molecule has 0 spiro atoms. The molecule has 4 aromatic carbocycles. The first-order chi connectivity index (χ1) is 23.3. The van der Waals surface area contributed by atoms with Crippen molar-refractivity contribution in [2.24, 2.45) is 0 Å². The van der Waals surface area contributed by atoms with Gasteiger partial charge in [-0.3, -0.25) is 14.5 Å². The summed E-state index contributed by atoms with van der Waals surface area (Å²) < 4.78 is 31.9. The van der Waals surface area contributed by atoms with Crippen molar-refractivity contribution in [1.82, 2.24) is 10.2 Å². The second-order valence-corrected chi connectivity index (χ2v) is 13.1. The fraction of sp³-hybridized carbons (Fsp3) is 0.143. The number of carbonyl (C=O) groups is 2. The van der Waals surface area contributed by atoms with E-state index in [2.05, 4.69) is 10.2 Å². The van der Waals surface area contributed by atoms with Crippen LogP contribution in [0.3, 0.4) is 0 Å². The zero-order valence-corrected chi connectivity index (χ0v) is 27.9. The molecule has 1 amide bonds. The molecule has 1 aliphatic rings. The van der Waals surface area contributed by atoms with Gasteiger partial charge < -0.3 is 19.3 Å². The third kappa shape index (κ3) is 6.86. The summed E-state index contributed by atoms with van der Waals surface area (Å²) in [5.41, 5.74) is 2.11. The molecule has 0 unspecified atom stereocenters. The first-order valence-corrected chi connectivity index (χ1v) is 16.7. The van der Waals surface area contributed by atoms with Gasteiger partial charge in [0.05, 0.1) is 25.8 Å². The molecule has 1 atom stereocenters. The fourth-order valence-electron chi connectivity index (χ4n) is 5.11. The molecule has 0 bridgehead atoms. The maximum Gasteiger partial charge on any atom is 0.301 e. The van der Waals surface area contributed by atoms with Gasteiger partial charge in [0.25, 0.3) is 5.78 Å². The molecule has 1 saturated heterocycles. The number of aromatic nitrogens is 2. The molecule has 1 N–H and O–H groups in total. The van der Waals surface area contributed by atoms with Crippen molar-refractivity contribution in [2.45, 2.75) is 22.7 Å². The minimum absolute atomic E-state index is 0.0115. The molecule has 1 aliphatic heterocycles. The van der Waals surface area contributed by atoms with Crippen molar-refractivity contribution < 1.29 is 33.3 Å². The molecule has 1 aromatic heterocycles. The standard InChI is InChI=1S/C35H27ClFN3O6S2/c1-44-26-14-11-23(16-25(26)37)31(41)29-30(22-10-15-27(28(17-22)45-2)46-18-20-6-4-3-5-7-20)40(33(43)32(29)42)34-38-39-35(48-34)47-19-21-8-12-24(36)13-9-21/h3-17,30,41H,18-19H2,1-2H3/t30-/m1/s1. The average molecular weight is 704 g/mol.